The SMILES string of the molecule is COc1cc(C=CC(=O)N2CCC[C@@H]2C(=O)O)cc(Cl)c1OC. The van der Waals surface area contributed by atoms with Crippen molar-refractivity contribution in [2.24, 2.45) is 0 Å². The first-order chi connectivity index (χ1) is 11.0. The van der Waals surface area contributed by atoms with Crippen LogP contribution in [0.2, 0.25) is 5.02 Å². The molecule has 1 N–H and O–H groups in total. The number of halogens is 1. The zero-order chi connectivity index (χ0) is 17.0. The lowest BCUT2D eigenvalue weighted by atomic mass is 10.1. The number of amides is 1. The van der Waals surface area contributed by atoms with Crippen LogP contribution >= 0.6 is 11.6 Å². The predicted molar refractivity (Wildman–Crippen MR) is 86.0 cm³/mol. The van der Waals surface area contributed by atoms with E-state index in [1.807, 2.05) is 0 Å². The molecular weight excluding hydrogens is 322 g/mol. The third-order valence-electron chi connectivity index (χ3n) is 3.70. The van der Waals surface area contributed by atoms with Gasteiger partial charge in [0.05, 0.1) is 19.2 Å². The molecule has 23 heavy (non-hydrogen) atoms. The second-order valence-electron chi connectivity index (χ2n) is 5.10. The van der Waals surface area contributed by atoms with Crippen LogP contribution in [0.25, 0.3) is 6.08 Å². The van der Waals surface area contributed by atoms with Gasteiger partial charge in [-0.05, 0) is 36.6 Å². The van der Waals surface area contributed by atoms with Crippen molar-refractivity contribution in [3.63, 3.8) is 0 Å². The summed E-state index contributed by atoms with van der Waals surface area (Å²) in [6.45, 7) is 0.451. The summed E-state index contributed by atoms with van der Waals surface area (Å²) >= 11 is 6.11. The number of hydrogen-bond donors (Lipinski definition) is 1. The molecule has 0 spiro atoms. The first-order valence-corrected chi connectivity index (χ1v) is 7.48. The minimum absolute atomic E-state index is 0.333. The number of methoxy groups -OCH3 is 2. The fourth-order valence-corrected chi connectivity index (χ4v) is 2.88. The van der Waals surface area contributed by atoms with Crippen molar-refractivity contribution >= 4 is 29.6 Å². The first-order valence-electron chi connectivity index (χ1n) is 7.11. The van der Waals surface area contributed by atoms with Crippen molar-refractivity contribution in [3.8, 4) is 11.5 Å². The monoisotopic (exact) mass is 339 g/mol. The van der Waals surface area contributed by atoms with Gasteiger partial charge in [-0.2, -0.15) is 0 Å². The highest BCUT2D eigenvalue weighted by molar-refractivity contribution is 6.32. The minimum Gasteiger partial charge on any atom is -0.493 e. The van der Waals surface area contributed by atoms with Crippen LogP contribution in [-0.2, 0) is 9.59 Å². The van der Waals surface area contributed by atoms with Crippen molar-refractivity contribution in [2.75, 3.05) is 20.8 Å². The number of rotatable bonds is 5. The van der Waals surface area contributed by atoms with Gasteiger partial charge in [0, 0.05) is 12.6 Å². The summed E-state index contributed by atoms with van der Waals surface area (Å²) in [5, 5.41) is 9.48. The highest BCUT2D eigenvalue weighted by Gasteiger charge is 2.32. The Morgan fingerprint density at radius 2 is 2.09 bits per heavy atom. The van der Waals surface area contributed by atoms with Gasteiger partial charge >= 0.3 is 5.97 Å². The zero-order valence-electron chi connectivity index (χ0n) is 12.9. The van der Waals surface area contributed by atoms with Gasteiger partial charge < -0.3 is 19.5 Å². The molecule has 0 bridgehead atoms. The van der Waals surface area contributed by atoms with Crippen molar-refractivity contribution in [2.45, 2.75) is 18.9 Å². The number of nitrogens with zero attached hydrogens (tertiary/aromatic N) is 1. The Bertz CT molecular complexity index is 644. The summed E-state index contributed by atoms with van der Waals surface area (Å²) in [5.41, 5.74) is 0.659. The molecular formula is C16H18ClNO5. The summed E-state index contributed by atoms with van der Waals surface area (Å²) in [4.78, 5) is 24.7. The van der Waals surface area contributed by atoms with E-state index >= 15 is 0 Å². The fourth-order valence-electron chi connectivity index (χ4n) is 2.58. The quantitative estimate of drug-likeness (QED) is 0.834. The summed E-state index contributed by atoms with van der Waals surface area (Å²) in [6, 6.07) is 2.58. The number of hydrogen-bond acceptors (Lipinski definition) is 4. The largest absolute Gasteiger partial charge is 0.493 e. The van der Waals surface area contributed by atoms with Crippen LogP contribution in [0.5, 0.6) is 11.5 Å². The maximum atomic E-state index is 12.2. The molecule has 0 saturated carbocycles. The lowest BCUT2D eigenvalue weighted by Crippen LogP contribution is -2.39. The van der Waals surface area contributed by atoms with Crippen LogP contribution in [-0.4, -0.2) is 48.7 Å². The van der Waals surface area contributed by atoms with Gasteiger partial charge in [0.2, 0.25) is 5.91 Å². The van der Waals surface area contributed by atoms with Crippen LogP contribution in [0.15, 0.2) is 18.2 Å². The Kier molecular flexibility index (Phi) is 5.50. The average Bonchev–Trinajstić information content (AvgIpc) is 3.01. The summed E-state index contributed by atoms with van der Waals surface area (Å²) in [5.74, 6) is -0.431. The lowest BCUT2D eigenvalue weighted by Gasteiger charge is -2.19. The summed E-state index contributed by atoms with van der Waals surface area (Å²) < 4.78 is 10.3. The molecule has 7 heteroatoms. The standard InChI is InChI=1S/C16H18ClNO5/c1-22-13-9-10(8-11(17)15(13)23-2)5-6-14(19)18-7-3-4-12(18)16(20)21/h5-6,8-9,12H,3-4,7H2,1-2H3,(H,20,21)/t12-/m1/s1. The molecule has 1 fully saturated rings. The topological polar surface area (TPSA) is 76.1 Å². The van der Waals surface area contributed by atoms with Crippen LogP contribution < -0.4 is 9.47 Å². The fraction of sp³-hybridized carbons (Fsp3) is 0.375. The van der Waals surface area contributed by atoms with Gasteiger partial charge in [-0.15, -0.1) is 0 Å². The molecule has 1 saturated heterocycles. The molecule has 1 aromatic carbocycles. The molecule has 0 radical (unpaired) electrons. The minimum atomic E-state index is -0.974. The lowest BCUT2D eigenvalue weighted by molar-refractivity contribution is -0.146. The Hall–Kier alpha value is -2.21. The maximum Gasteiger partial charge on any atom is 0.326 e. The third-order valence-corrected chi connectivity index (χ3v) is 3.98. The van der Waals surface area contributed by atoms with Gasteiger partial charge in [-0.3, -0.25) is 4.79 Å². The number of likely N-dealkylation sites (tertiary alicyclic amines) is 1. The molecule has 1 aromatic rings. The molecule has 1 amide bonds. The molecule has 6 nitrogen and oxygen atoms in total. The van der Waals surface area contributed by atoms with Crippen LogP contribution in [0.1, 0.15) is 18.4 Å². The van der Waals surface area contributed by atoms with E-state index in [-0.39, 0.29) is 5.91 Å². The number of carboxylic acid groups (broad SMARTS) is 1. The van der Waals surface area contributed by atoms with E-state index in [1.165, 1.54) is 25.2 Å². The van der Waals surface area contributed by atoms with E-state index in [1.54, 1.807) is 18.2 Å². The van der Waals surface area contributed by atoms with Crippen LogP contribution in [0.4, 0.5) is 0 Å². The highest BCUT2D eigenvalue weighted by atomic mass is 35.5. The van der Waals surface area contributed by atoms with E-state index in [4.69, 9.17) is 26.2 Å². The molecule has 0 unspecified atom stereocenters. The Balaban J connectivity index is 2.18. The molecule has 0 aliphatic carbocycles. The zero-order valence-corrected chi connectivity index (χ0v) is 13.7. The smallest absolute Gasteiger partial charge is 0.326 e. The second kappa shape index (κ2) is 7.37. The third kappa shape index (κ3) is 3.76. The number of carbonyl (C=O) groups excluding carboxylic acids is 1. The number of carboxylic acids is 1. The van der Waals surface area contributed by atoms with E-state index < -0.39 is 12.0 Å². The van der Waals surface area contributed by atoms with E-state index in [9.17, 15) is 9.59 Å². The molecule has 0 aromatic heterocycles. The highest BCUT2D eigenvalue weighted by Crippen LogP contribution is 2.36. The Morgan fingerprint density at radius 1 is 1.35 bits per heavy atom. The van der Waals surface area contributed by atoms with Gasteiger partial charge in [-0.1, -0.05) is 11.6 Å². The maximum absolute atomic E-state index is 12.2. The van der Waals surface area contributed by atoms with Gasteiger partial charge in [0.1, 0.15) is 6.04 Å². The Morgan fingerprint density at radius 3 is 2.70 bits per heavy atom. The van der Waals surface area contributed by atoms with Gasteiger partial charge in [0.25, 0.3) is 0 Å². The Labute approximate surface area is 139 Å². The molecule has 1 aliphatic heterocycles. The molecule has 124 valence electrons. The first kappa shape index (κ1) is 17.1. The van der Waals surface area contributed by atoms with Crippen molar-refractivity contribution in [1.82, 2.24) is 4.90 Å². The van der Waals surface area contributed by atoms with E-state index in [0.29, 0.717) is 41.5 Å². The average molecular weight is 340 g/mol. The van der Waals surface area contributed by atoms with Crippen molar-refractivity contribution in [3.05, 3.63) is 28.8 Å². The number of carbonyl (C=O) groups is 2. The van der Waals surface area contributed by atoms with E-state index in [2.05, 4.69) is 0 Å². The molecule has 1 heterocycles. The van der Waals surface area contributed by atoms with Crippen LogP contribution in [0.3, 0.4) is 0 Å². The molecule has 1 aliphatic rings. The van der Waals surface area contributed by atoms with E-state index in [0.717, 1.165) is 0 Å². The van der Waals surface area contributed by atoms with Gasteiger partial charge in [-0.25, -0.2) is 4.79 Å². The predicted octanol–water partition coefficient (Wildman–Crippen LogP) is 2.45. The number of benzene rings is 1. The normalized spacial score (nSPS) is 17.5. The number of aliphatic carboxylic acids is 1. The van der Waals surface area contributed by atoms with Crippen LogP contribution in [0, 0.1) is 0 Å². The summed E-state index contributed by atoms with van der Waals surface area (Å²) in [7, 11) is 2.98. The van der Waals surface area contributed by atoms with Crippen molar-refractivity contribution in [1.29, 1.82) is 0 Å². The van der Waals surface area contributed by atoms with Gasteiger partial charge in [0.15, 0.2) is 11.5 Å². The number of ether oxygens (including phenoxy) is 2. The van der Waals surface area contributed by atoms with Crippen molar-refractivity contribution < 1.29 is 24.2 Å². The second-order valence-corrected chi connectivity index (χ2v) is 5.51. The summed E-state index contributed by atoms with van der Waals surface area (Å²) in [6.07, 6.45) is 4.10. The molecule has 2 rings (SSSR count). The molecule has 1 atom stereocenters.